The van der Waals surface area contributed by atoms with Gasteiger partial charge in [0.1, 0.15) is 17.3 Å². The summed E-state index contributed by atoms with van der Waals surface area (Å²) in [4.78, 5) is 0. The molecule has 2 aliphatic heterocycles. The van der Waals surface area contributed by atoms with Gasteiger partial charge in [-0.1, -0.05) is 127 Å². The minimum atomic E-state index is -0.109. The number of allylic oxidation sites excluding steroid dienone is 2. The fourth-order valence-electron chi connectivity index (χ4n) is 8.27. The van der Waals surface area contributed by atoms with Crippen molar-refractivity contribution in [1.29, 1.82) is 5.26 Å². The Morgan fingerprint density at radius 3 is 1.69 bits per heavy atom. The van der Waals surface area contributed by atoms with E-state index >= 15 is 0 Å². The smallest absolute Gasteiger partial charge is 0.155 e. The topological polar surface area (TPSA) is 64.6 Å². The van der Waals surface area contributed by atoms with Gasteiger partial charge in [0.05, 0.1) is 11.6 Å². The molecule has 9 aromatic rings. The van der Waals surface area contributed by atoms with Crippen LogP contribution in [0.2, 0.25) is 0 Å². The molecule has 58 heavy (non-hydrogen) atoms. The number of fused-ring (bicyclic) bond motifs is 5. The Kier molecular flexibility index (Phi) is 7.87. The highest BCUT2D eigenvalue weighted by atomic mass is 16.3. The predicted octanol–water partition coefficient (Wildman–Crippen LogP) is 12.6. The number of rotatable bonds is 6. The molecule has 0 amide bonds. The molecule has 0 aliphatic carbocycles. The monoisotopic (exact) mass is 742 g/mol. The molecule has 5 nitrogen and oxygen atoms in total. The van der Waals surface area contributed by atoms with E-state index in [1.165, 1.54) is 21.9 Å². The van der Waals surface area contributed by atoms with Gasteiger partial charge in [-0.15, -0.1) is 0 Å². The third-order valence-corrected chi connectivity index (χ3v) is 11.3. The van der Waals surface area contributed by atoms with Crippen LogP contribution in [0.25, 0.3) is 77.2 Å². The van der Waals surface area contributed by atoms with E-state index in [0.717, 1.165) is 77.9 Å². The minimum absolute atomic E-state index is 0.109. The summed E-state index contributed by atoms with van der Waals surface area (Å²) < 4.78 is 6.24. The second-order valence-electron chi connectivity index (χ2n) is 14.9. The molecule has 11 rings (SSSR count). The first-order chi connectivity index (χ1) is 28.6. The normalized spacial score (nSPS) is 14.8. The molecular weight excluding hydrogens is 709 g/mol. The number of furan rings is 1. The van der Waals surface area contributed by atoms with Gasteiger partial charge in [0.15, 0.2) is 5.84 Å². The summed E-state index contributed by atoms with van der Waals surface area (Å²) >= 11 is 0. The Morgan fingerprint density at radius 1 is 0.500 bits per heavy atom. The van der Waals surface area contributed by atoms with E-state index in [1.54, 1.807) is 0 Å². The van der Waals surface area contributed by atoms with E-state index < -0.39 is 0 Å². The lowest BCUT2D eigenvalue weighted by molar-refractivity contribution is 0.361. The van der Waals surface area contributed by atoms with Gasteiger partial charge in [-0.05, 0) is 116 Å². The molecule has 1 aromatic heterocycles. The molecule has 0 saturated carbocycles. The Balaban J connectivity index is 0.885. The Bertz CT molecular complexity index is 3200. The third-order valence-electron chi connectivity index (χ3n) is 11.3. The van der Waals surface area contributed by atoms with Crippen molar-refractivity contribution in [2.75, 3.05) is 0 Å². The summed E-state index contributed by atoms with van der Waals surface area (Å²) in [5.41, 5.74) is 14.8. The first-order valence-corrected chi connectivity index (χ1v) is 19.4. The second-order valence-corrected chi connectivity index (χ2v) is 14.9. The zero-order valence-electron chi connectivity index (χ0n) is 31.3. The van der Waals surface area contributed by atoms with Crippen LogP contribution in [-0.2, 0) is 0 Å². The summed E-state index contributed by atoms with van der Waals surface area (Å²) in [5.74, 6) is 0.845. The lowest BCUT2D eigenvalue weighted by atomic mass is 9.94. The average Bonchev–Trinajstić information content (AvgIpc) is 3.90. The fraction of sp³-hybridized carbons (Fsp3) is 0.0189. The third kappa shape index (κ3) is 5.92. The second kappa shape index (κ2) is 13.7. The summed E-state index contributed by atoms with van der Waals surface area (Å²) in [6, 6.07) is 65.7. The zero-order chi connectivity index (χ0) is 38.6. The Hall–Kier alpha value is -7.94. The average molecular weight is 743 g/mol. The van der Waals surface area contributed by atoms with Crippen molar-refractivity contribution in [2.24, 2.45) is 5.10 Å². The largest absolute Gasteiger partial charge is 0.456 e. The molecule has 0 spiro atoms. The number of nitrogens with zero attached hydrogens (tertiary/aromatic N) is 3. The van der Waals surface area contributed by atoms with Gasteiger partial charge in [0.2, 0.25) is 0 Å². The number of nitriles is 1. The first kappa shape index (κ1) is 33.4. The van der Waals surface area contributed by atoms with E-state index in [0.29, 0.717) is 5.56 Å². The van der Waals surface area contributed by atoms with Crippen molar-refractivity contribution in [3.05, 3.63) is 217 Å². The molecule has 2 aliphatic rings. The number of nitrogens with one attached hydrogen (secondary N) is 1. The molecule has 8 aromatic carbocycles. The molecule has 3 heterocycles. The highest BCUT2D eigenvalue weighted by Crippen LogP contribution is 2.38. The minimum Gasteiger partial charge on any atom is -0.456 e. The molecular formula is C53H34N4O. The van der Waals surface area contributed by atoms with Crippen molar-refractivity contribution in [2.45, 2.75) is 6.17 Å². The summed E-state index contributed by atoms with van der Waals surface area (Å²) in [6.07, 6.45) is 4.31. The highest BCUT2D eigenvalue weighted by molar-refractivity contribution is 6.08. The van der Waals surface area contributed by atoms with E-state index in [2.05, 4.69) is 174 Å². The molecule has 272 valence electrons. The molecule has 1 atom stereocenters. The zero-order valence-corrected chi connectivity index (χ0v) is 31.3. The van der Waals surface area contributed by atoms with E-state index in [1.807, 2.05) is 36.4 Å². The summed E-state index contributed by atoms with van der Waals surface area (Å²) in [5, 5.41) is 24.7. The molecule has 0 saturated heterocycles. The number of hydrazone groups is 1. The van der Waals surface area contributed by atoms with Crippen LogP contribution in [0.4, 0.5) is 0 Å². The molecule has 0 bridgehead atoms. The lowest BCUT2D eigenvalue weighted by Gasteiger charge is -2.28. The number of benzene rings is 8. The van der Waals surface area contributed by atoms with Crippen molar-refractivity contribution < 1.29 is 4.42 Å². The van der Waals surface area contributed by atoms with Crippen LogP contribution in [0.3, 0.4) is 0 Å². The van der Waals surface area contributed by atoms with Crippen LogP contribution in [0, 0.1) is 11.3 Å². The van der Waals surface area contributed by atoms with Gasteiger partial charge in [-0.3, -0.25) is 0 Å². The molecule has 1 unspecified atom stereocenters. The predicted molar refractivity (Wildman–Crippen MR) is 236 cm³/mol. The standard InChI is InChI=1S/C53H34N4O/c54-32-34-14-16-36(17-15-34)43-22-24-50-48(29-43)49-30-44(23-25-51(49)58-50)42-21-20-40-26-39(18-19-41(40)27-42)38-12-7-13-45(28-38)52-55-53-47(37-10-5-2-6-11-37)31-46(33-57(53)56-52)35-8-3-1-4-9-35/h1-31,33,53H,(H,55,56). The van der Waals surface area contributed by atoms with Crippen LogP contribution in [0.1, 0.15) is 22.3 Å². The van der Waals surface area contributed by atoms with Crippen molar-refractivity contribution in [3.63, 3.8) is 0 Å². The maximum Gasteiger partial charge on any atom is 0.155 e. The molecule has 0 radical (unpaired) electrons. The number of amidine groups is 1. The summed E-state index contributed by atoms with van der Waals surface area (Å²) in [7, 11) is 0. The van der Waals surface area contributed by atoms with Gasteiger partial charge >= 0.3 is 0 Å². The quantitative estimate of drug-likeness (QED) is 0.184. The first-order valence-electron chi connectivity index (χ1n) is 19.4. The lowest BCUT2D eigenvalue weighted by Crippen LogP contribution is -2.38. The van der Waals surface area contributed by atoms with Crippen molar-refractivity contribution in [1.82, 2.24) is 10.3 Å². The van der Waals surface area contributed by atoms with Gasteiger partial charge in [-0.2, -0.15) is 10.4 Å². The van der Waals surface area contributed by atoms with Crippen molar-refractivity contribution >= 4 is 49.7 Å². The Morgan fingerprint density at radius 2 is 1.03 bits per heavy atom. The highest BCUT2D eigenvalue weighted by Gasteiger charge is 2.32. The van der Waals surface area contributed by atoms with Gasteiger partial charge < -0.3 is 9.73 Å². The van der Waals surface area contributed by atoms with Crippen LogP contribution in [0.15, 0.2) is 204 Å². The van der Waals surface area contributed by atoms with Gasteiger partial charge in [0, 0.05) is 33.7 Å². The van der Waals surface area contributed by atoms with Crippen LogP contribution >= 0.6 is 0 Å². The SMILES string of the molecule is N#Cc1ccc(-c2ccc3oc4ccc(-c5ccc6cc(-c7cccc(C8=NN9C=C(c%10ccccc%10)C=C(c%10ccccc%10)C9N8)c7)ccc6c5)cc4c3c2)cc1. The van der Waals surface area contributed by atoms with Crippen LogP contribution in [-0.4, -0.2) is 17.0 Å². The maximum atomic E-state index is 9.23. The molecule has 1 N–H and O–H groups in total. The van der Waals surface area contributed by atoms with Crippen molar-refractivity contribution in [3.8, 4) is 39.4 Å². The number of hydrogen-bond donors (Lipinski definition) is 1. The van der Waals surface area contributed by atoms with Gasteiger partial charge in [0.25, 0.3) is 0 Å². The fourth-order valence-corrected chi connectivity index (χ4v) is 8.27. The molecule has 5 heteroatoms. The number of hydrogen-bond acceptors (Lipinski definition) is 5. The van der Waals surface area contributed by atoms with E-state index in [-0.39, 0.29) is 6.17 Å². The van der Waals surface area contributed by atoms with E-state index in [9.17, 15) is 5.26 Å². The van der Waals surface area contributed by atoms with Crippen LogP contribution in [0.5, 0.6) is 0 Å². The summed E-state index contributed by atoms with van der Waals surface area (Å²) in [6.45, 7) is 0. The molecule has 0 fully saturated rings. The van der Waals surface area contributed by atoms with Crippen LogP contribution < -0.4 is 5.32 Å². The van der Waals surface area contributed by atoms with Gasteiger partial charge in [-0.25, -0.2) is 5.01 Å². The van der Waals surface area contributed by atoms with E-state index in [4.69, 9.17) is 9.52 Å². The Labute approximate surface area is 335 Å². The maximum absolute atomic E-state index is 9.23.